The fourth-order valence-corrected chi connectivity index (χ4v) is 1.80. The molecule has 1 aliphatic heterocycles. The summed E-state index contributed by atoms with van der Waals surface area (Å²) in [5.74, 6) is 0. The van der Waals surface area contributed by atoms with Crippen LogP contribution in [0.15, 0.2) is 0 Å². The first kappa shape index (κ1) is 4.80. The van der Waals surface area contributed by atoms with Crippen molar-refractivity contribution in [3.63, 3.8) is 0 Å². The van der Waals surface area contributed by atoms with Crippen molar-refractivity contribution in [1.82, 2.24) is 0 Å². The van der Waals surface area contributed by atoms with Gasteiger partial charge in [0.1, 0.15) is 0 Å². The van der Waals surface area contributed by atoms with Crippen LogP contribution in [-0.2, 0) is 4.74 Å². The quantitative estimate of drug-likeness (QED) is 0.462. The zero-order valence-electron chi connectivity index (χ0n) is 5.15. The normalized spacial score (nSPS) is 33.0. The maximum atomic E-state index is 5.16. The van der Waals surface area contributed by atoms with Gasteiger partial charge in [-0.2, -0.15) is 0 Å². The summed E-state index contributed by atoms with van der Waals surface area (Å²) in [5.41, 5.74) is 0.694. The third-order valence-corrected chi connectivity index (χ3v) is 2.48. The lowest BCUT2D eigenvalue weighted by molar-refractivity contribution is -0.108. The average molecular weight is 112 g/mol. The minimum atomic E-state index is 0.694. The predicted molar refractivity (Wildman–Crippen MR) is 31.7 cm³/mol. The number of hydrogen-bond donors (Lipinski definition) is 0. The van der Waals surface area contributed by atoms with Crippen molar-refractivity contribution in [2.24, 2.45) is 5.41 Å². The maximum Gasteiger partial charge on any atom is 0.0544 e. The molecule has 1 heteroatoms. The Bertz CT molecular complexity index is 86.6. The van der Waals surface area contributed by atoms with Gasteiger partial charge in [-0.15, -0.1) is 0 Å². The molecule has 46 valence electrons. The van der Waals surface area contributed by atoms with Gasteiger partial charge in [0.05, 0.1) is 13.2 Å². The van der Waals surface area contributed by atoms with Crippen LogP contribution in [0, 0.1) is 5.41 Å². The van der Waals surface area contributed by atoms with E-state index in [9.17, 15) is 0 Å². The van der Waals surface area contributed by atoms with E-state index in [1.54, 1.807) is 0 Å². The van der Waals surface area contributed by atoms with Crippen molar-refractivity contribution in [1.29, 1.82) is 0 Å². The molecular weight excluding hydrogens is 100 g/mol. The molecule has 0 atom stereocenters. The monoisotopic (exact) mass is 112 g/mol. The fourth-order valence-electron chi connectivity index (χ4n) is 1.80. The van der Waals surface area contributed by atoms with Crippen LogP contribution in [0.3, 0.4) is 0 Å². The Morgan fingerprint density at radius 2 is 1.62 bits per heavy atom. The van der Waals surface area contributed by atoms with E-state index < -0.39 is 0 Å². The molecule has 0 bridgehead atoms. The van der Waals surface area contributed by atoms with E-state index in [1.165, 1.54) is 25.7 Å². The molecule has 2 rings (SSSR count). The molecule has 0 radical (unpaired) electrons. The molecule has 1 nitrogen and oxygen atoms in total. The summed E-state index contributed by atoms with van der Waals surface area (Å²) in [7, 11) is 0. The van der Waals surface area contributed by atoms with Gasteiger partial charge in [-0.3, -0.25) is 0 Å². The number of rotatable bonds is 0. The van der Waals surface area contributed by atoms with Crippen molar-refractivity contribution < 1.29 is 4.74 Å². The van der Waals surface area contributed by atoms with Gasteiger partial charge in [0.25, 0.3) is 0 Å². The molecule has 0 amide bonds. The van der Waals surface area contributed by atoms with Crippen LogP contribution >= 0.6 is 0 Å². The molecule has 1 spiro atoms. The molecule has 1 heterocycles. The summed E-state index contributed by atoms with van der Waals surface area (Å²) in [6.07, 6.45) is 5.77. The molecule has 1 saturated heterocycles. The van der Waals surface area contributed by atoms with Gasteiger partial charge in [-0.25, -0.2) is 0 Å². The number of ether oxygens (including phenoxy) is 1. The molecule has 2 aliphatic rings. The van der Waals surface area contributed by atoms with Crippen LogP contribution in [0.2, 0.25) is 0 Å². The van der Waals surface area contributed by atoms with Crippen LogP contribution in [-0.4, -0.2) is 13.2 Å². The van der Waals surface area contributed by atoms with Gasteiger partial charge in [0, 0.05) is 5.41 Å². The first-order chi connectivity index (χ1) is 3.91. The van der Waals surface area contributed by atoms with E-state index in [0.29, 0.717) is 5.41 Å². The summed E-state index contributed by atoms with van der Waals surface area (Å²) in [5, 5.41) is 0. The van der Waals surface area contributed by atoms with Crippen LogP contribution < -0.4 is 0 Å². The van der Waals surface area contributed by atoms with E-state index in [2.05, 4.69) is 0 Å². The van der Waals surface area contributed by atoms with E-state index in [1.807, 2.05) is 0 Å². The van der Waals surface area contributed by atoms with E-state index >= 15 is 0 Å². The number of hydrogen-bond acceptors (Lipinski definition) is 1. The van der Waals surface area contributed by atoms with Crippen LogP contribution in [0.5, 0.6) is 0 Å². The Kier molecular flexibility index (Phi) is 0.884. The minimum Gasteiger partial charge on any atom is -0.380 e. The van der Waals surface area contributed by atoms with Gasteiger partial charge >= 0.3 is 0 Å². The third-order valence-electron chi connectivity index (χ3n) is 2.48. The predicted octanol–water partition coefficient (Wildman–Crippen LogP) is 1.58. The van der Waals surface area contributed by atoms with E-state index in [-0.39, 0.29) is 0 Å². The molecule has 2 fully saturated rings. The fraction of sp³-hybridized carbons (Fsp3) is 1.00. The van der Waals surface area contributed by atoms with Gasteiger partial charge in [-0.1, -0.05) is 12.8 Å². The SMILES string of the molecule is C1CCC2(C1)COC2. The summed E-state index contributed by atoms with van der Waals surface area (Å²) >= 11 is 0. The van der Waals surface area contributed by atoms with E-state index in [0.717, 1.165) is 13.2 Å². The standard InChI is InChI=1S/C7H12O/c1-2-4-7(3-1)5-8-6-7/h1-6H2. The van der Waals surface area contributed by atoms with Crippen molar-refractivity contribution >= 4 is 0 Å². The van der Waals surface area contributed by atoms with Crippen molar-refractivity contribution in [2.75, 3.05) is 13.2 Å². The highest BCUT2D eigenvalue weighted by molar-refractivity contribution is 4.89. The molecule has 1 saturated carbocycles. The highest BCUT2D eigenvalue weighted by Gasteiger charge is 2.40. The van der Waals surface area contributed by atoms with Crippen molar-refractivity contribution in [3.05, 3.63) is 0 Å². The van der Waals surface area contributed by atoms with Crippen LogP contribution in [0.1, 0.15) is 25.7 Å². The molecule has 0 N–H and O–H groups in total. The lowest BCUT2D eigenvalue weighted by Gasteiger charge is -2.37. The van der Waals surface area contributed by atoms with Gasteiger partial charge in [-0.05, 0) is 12.8 Å². The maximum absolute atomic E-state index is 5.16. The Labute approximate surface area is 50.0 Å². The molecule has 0 aromatic carbocycles. The van der Waals surface area contributed by atoms with Gasteiger partial charge < -0.3 is 4.74 Å². The zero-order chi connectivity index (χ0) is 5.45. The topological polar surface area (TPSA) is 9.23 Å². The van der Waals surface area contributed by atoms with Crippen molar-refractivity contribution in [2.45, 2.75) is 25.7 Å². The molecule has 1 aliphatic carbocycles. The first-order valence-electron chi connectivity index (χ1n) is 3.49. The second-order valence-corrected chi connectivity index (χ2v) is 3.20. The first-order valence-corrected chi connectivity index (χ1v) is 3.49. The van der Waals surface area contributed by atoms with Crippen LogP contribution in [0.4, 0.5) is 0 Å². The summed E-state index contributed by atoms with van der Waals surface area (Å²) in [6, 6.07) is 0. The Balaban J connectivity index is 2.01. The highest BCUT2D eigenvalue weighted by atomic mass is 16.5. The second-order valence-electron chi connectivity index (χ2n) is 3.20. The molecule has 0 unspecified atom stereocenters. The minimum absolute atomic E-state index is 0.694. The smallest absolute Gasteiger partial charge is 0.0544 e. The van der Waals surface area contributed by atoms with Crippen molar-refractivity contribution in [3.8, 4) is 0 Å². The largest absolute Gasteiger partial charge is 0.380 e. The molecule has 0 aromatic heterocycles. The lowest BCUT2D eigenvalue weighted by atomic mass is 9.85. The zero-order valence-corrected chi connectivity index (χ0v) is 5.15. The van der Waals surface area contributed by atoms with Gasteiger partial charge in [0.15, 0.2) is 0 Å². The van der Waals surface area contributed by atoms with E-state index in [4.69, 9.17) is 4.74 Å². The average Bonchev–Trinajstić information content (AvgIpc) is 2.07. The van der Waals surface area contributed by atoms with Gasteiger partial charge in [0.2, 0.25) is 0 Å². The summed E-state index contributed by atoms with van der Waals surface area (Å²) in [4.78, 5) is 0. The Morgan fingerprint density at radius 3 is 1.88 bits per heavy atom. The Morgan fingerprint density at radius 1 is 1.00 bits per heavy atom. The lowest BCUT2D eigenvalue weighted by Crippen LogP contribution is -2.39. The second kappa shape index (κ2) is 1.47. The van der Waals surface area contributed by atoms with Crippen LogP contribution in [0.25, 0.3) is 0 Å². The highest BCUT2D eigenvalue weighted by Crippen LogP contribution is 2.43. The summed E-state index contributed by atoms with van der Waals surface area (Å²) < 4.78 is 5.16. The third kappa shape index (κ3) is 0.510. The molecule has 0 aromatic rings. The molecule has 8 heavy (non-hydrogen) atoms. The summed E-state index contributed by atoms with van der Waals surface area (Å²) in [6.45, 7) is 2.12. The Hall–Kier alpha value is -0.0400. The molecular formula is C7H12O.